The molecule has 0 aromatic carbocycles. The minimum absolute atomic E-state index is 0.00324. The summed E-state index contributed by atoms with van der Waals surface area (Å²) in [6, 6.07) is 0. The van der Waals surface area contributed by atoms with E-state index in [9.17, 15) is 45.6 Å². The van der Waals surface area contributed by atoms with Gasteiger partial charge in [0, 0.05) is 24.3 Å². The lowest BCUT2D eigenvalue weighted by Crippen LogP contribution is -2.34. The Morgan fingerprint density at radius 1 is 0.609 bits per heavy atom. The first-order valence-corrected chi connectivity index (χ1v) is 16.4. The number of carbonyl (C=O) groups excluding carboxylic acids is 1. The molecule has 10 heteroatoms. The fourth-order valence-corrected chi connectivity index (χ4v) is 5.31. The summed E-state index contributed by atoms with van der Waals surface area (Å²) in [5.41, 5.74) is 0. The van der Waals surface area contributed by atoms with Gasteiger partial charge in [0.05, 0.1) is 48.8 Å². The Kier molecular flexibility index (Phi) is 20.8. The summed E-state index contributed by atoms with van der Waals surface area (Å²) in [6.45, 7) is 7.40. The number of cyclic esters (lactones) is 1. The Morgan fingerprint density at radius 3 is 1.59 bits per heavy atom. The quantitative estimate of drug-likeness (QED) is 0.155. The van der Waals surface area contributed by atoms with E-state index in [4.69, 9.17) is 4.74 Å². The molecule has 10 nitrogen and oxygen atoms in total. The highest BCUT2D eigenvalue weighted by Crippen LogP contribution is 2.22. The maximum Gasteiger partial charge on any atom is 0.331 e. The van der Waals surface area contributed by atoms with E-state index in [1.807, 2.05) is 20.8 Å². The van der Waals surface area contributed by atoms with Crippen LogP contribution in [0.5, 0.6) is 0 Å². The Morgan fingerprint density at radius 2 is 1.07 bits per heavy atom. The zero-order valence-corrected chi connectivity index (χ0v) is 27.7. The first-order valence-electron chi connectivity index (χ1n) is 16.4. The van der Waals surface area contributed by atoms with Gasteiger partial charge in [0.2, 0.25) is 0 Å². The molecule has 1 rings (SSSR count). The average Bonchev–Trinajstić information content (AvgIpc) is 2.95. The van der Waals surface area contributed by atoms with Gasteiger partial charge in [-0.25, -0.2) is 4.79 Å². The predicted molar refractivity (Wildman–Crippen MR) is 178 cm³/mol. The first-order chi connectivity index (χ1) is 21.7. The summed E-state index contributed by atoms with van der Waals surface area (Å²) in [4.78, 5) is 12.4. The van der Waals surface area contributed by atoms with Crippen molar-refractivity contribution in [2.24, 2.45) is 17.8 Å². The van der Waals surface area contributed by atoms with Gasteiger partial charge in [0.1, 0.15) is 6.10 Å². The van der Waals surface area contributed by atoms with Crippen LogP contribution in [0.3, 0.4) is 0 Å². The maximum atomic E-state index is 12.4. The highest BCUT2D eigenvalue weighted by atomic mass is 16.5. The molecule has 0 aromatic heterocycles. The lowest BCUT2D eigenvalue weighted by molar-refractivity contribution is -0.147. The largest absolute Gasteiger partial charge is 0.458 e. The maximum absolute atomic E-state index is 12.4. The topological polar surface area (TPSA) is 188 Å². The molecule has 0 radical (unpaired) electrons. The van der Waals surface area contributed by atoms with Crippen molar-refractivity contribution in [3.05, 3.63) is 72.9 Å². The summed E-state index contributed by atoms with van der Waals surface area (Å²) in [7, 11) is 0. The minimum atomic E-state index is -1.10. The molecule has 0 unspecified atom stereocenters. The number of aliphatic hydroxyl groups excluding tert-OH is 8. The molecule has 8 N–H and O–H groups in total. The summed E-state index contributed by atoms with van der Waals surface area (Å²) in [6.07, 6.45) is 11.3. The normalized spacial score (nSPS) is 40.4. The highest BCUT2D eigenvalue weighted by molar-refractivity contribution is 5.82. The third-order valence-electron chi connectivity index (χ3n) is 8.01. The summed E-state index contributed by atoms with van der Waals surface area (Å²) in [5, 5.41) is 83.2. The Bertz CT molecular complexity index is 1020. The standard InChI is InChI=1S/C36H58O10/c1-24(2)36-25(3)16-17-27(37)18-28(38)19-29(39)20-30(40)21-31(41)22-32(42)23-34(44)26(4)33(43)14-12-10-8-6-5-7-9-11-13-15-35(45)46-36/h5-13,15-17,24-34,36-44H,14,18-23H2,1-4H3/b7-5-,8-6-,11-9-,12-10+,15-13-,17-16+/t25-,26-,27+,28+,29+,30+,31+,32+,33-,34+,36-/m1/s1. The van der Waals surface area contributed by atoms with Gasteiger partial charge in [-0.3, -0.25) is 0 Å². The van der Waals surface area contributed by atoms with Crippen molar-refractivity contribution >= 4 is 5.97 Å². The zero-order valence-electron chi connectivity index (χ0n) is 27.7. The number of allylic oxidation sites excluding steroid dienone is 8. The number of ether oxygens (including phenoxy) is 1. The van der Waals surface area contributed by atoms with Crippen LogP contribution >= 0.6 is 0 Å². The van der Waals surface area contributed by atoms with Crippen LogP contribution in [0.2, 0.25) is 0 Å². The molecular weight excluding hydrogens is 592 g/mol. The van der Waals surface area contributed by atoms with Crippen LogP contribution in [-0.2, 0) is 9.53 Å². The van der Waals surface area contributed by atoms with Gasteiger partial charge in [-0.2, -0.15) is 0 Å². The molecule has 1 aliphatic heterocycles. The van der Waals surface area contributed by atoms with Crippen molar-refractivity contribution in [2.45, 2.75) is 128 Å². The second kappa shape index (κ2) is 23.0. The van der Waals surface area contributed by atoms with Gasteiger partial charge in [-0.15, -0.1) is 0 Å². The smallest absolute Gasteiger partial charge is 0.331 e. The van der Waals surface area contributed by atoms with E-state index in [-0.39, 0.29) is 50.4 Å². The van der Waals surface area contributed by atoms with Gasteiger partial charge in [-0.1, -0.05) is 94.5 Å². The molecule has 1 heterocycles. The van der Waals surface area contributed by atoms with Crippen LogP contribution in [0, 0.1) is 17.8 Å². The lowest BCUT2D eigenvalue weighted by Gasteiger charge is -2.26. The van der Waals surface area contributed by atoms with Gasteiger partial charge >= 0.3 is 5.97 Å². The van der Waals surface area contributed by atoms with E-state index in [2.05, 4.69) is 0 Å². The average molecular weight is 651 g/mol. The third-order valence-corrected chi connectivity index (χ3v) is 8.01. The molecule has 11 atom stereocenters. The molecule has 0 amide bonds. The molecule has 0 aromatic rings. The molecule has 46 heavy (non-hydrogen) atoms. The number of aliphatic hydroxyl groups is 8. The van der Waals surface area contributed by atoms with Crippen molar-refractivity contribution in [1.82, 2.24) is 0 Å². The molecule has 262 valence electrons. The molecule has 1 aliphatic rings. The molecule has 0 aliphatic carbocycles. The Balaban J connectivity index is 2.98. The fraction of sp³-hybridized carbons (Fsp3) is 0.639. The summed E-state index contributed by atoms with van der Waals surface area (Å²) in [5.74, 6) is -1.25. The van der Waals surface area contributed by atoms with Crippen LogP contribution in [0.4, 0.5) is 0 Å². The van der Waals surface area contributed by atoms with E-state index in [1.54, 1.807) is 67.7 Å². The second-order valence-electron chi connectivity index (χ2n) is 12.8. The highest BCUT2D eigenvalue weighted by Gasteiger charge is 2.27. The fourth-order valence-electron chi connectivity index (χ4n) is 5.31. The lowest BCUT2D eigenvalue weighted by atomic mass is 9.90. The van der Waals surface area contributed by atoms with Crippen molar-refractivity contribution < 1.29 is 50.4 Å². The van der Waals surface area contributed by atoms with Gasteiger partial charge in [-0.05, 0) is 44.4 Å². The van der Waals surface area contributed by atoms with Crippen LogP contribution in [0.1, 0.15) is 72.6 Å². The third kappa shape index (κ3) is 18.7. The monoisotopic (exact) mass is 650 g/mol. The first kappa shape index (κ1) is 41.6. The number of rotatable bonds is 1. The van der Waals surface area contributed by atoms with E-state index in [0.717, 1.165) is 0 Å². The second-order valence-corrected chi connectivity index (χ2v) is 12.8. The number of carbonyl (C=O) groups is 1. The SMILES string of the molecule is CC(C)[C@H]1OC(=O)\C=C/C=C\C=C/C=C\C=C\C[C@@H](O)[C@@H](C)[C@@H](O)C[C@@H](O)C[C@@H](O)C[C@@H](O)C[C@@H](O)C[C@@H](O)C[C@@H](O)/C=C/[C@H]1C. The van der Waals surface area contributed by atoms with Crippen LogP contribution < -0.4 is 0 Å². The Labute approximate surface area is 274 Å². The predicted octanol–water partition coefficient (Wildman–Crippen LogP) is 2.80. The summed E-state index contributed by atoms with van der Waals surface area (Å²) >= 11 is 0. The summed E-state index contributed by atoms with van der Waals surface area (Å²) < 4.78 is 5.65. The van der Waals surface area contributed by atoms with E-state index >= 15 is 0 Å². The van der Waals surface area contributed by atoms with E-state index in [0.29, 0.717) is 6.42 Å². The van der Waals surface area contributed by atoms with Crippen molar-refractivity contribution in [2.75, 3.05) is 0 Å². The van der Waals surface area contributed by atoms with E-state index < -0.39 is 66.8 Å². The molecule has 0 spiro atoms. The van der Waals surface area contributed by atoms with Crippen molar-refractivity contribution in [1.29, 1.82) is 0 Å². The number of esters is 1. The zero-order chi connectivity index (χ0) is 34.6. The van der Waals surface area contributed by atoms with Crippen LogP contribution in [0.15, 0.2) is 72.9 Å². The van der Waals surface area contributed by atoms with Gasteiger partial charge in [0.25, 0.3) is 0 Å². The Hall–Kier alpha value is -2.41. The van der Waals surface area contributed by atoms with Crippen molar-refractivity contribution in [3.63, 3.8) is 0 Å². The molecule has 0 saturated heterocycles. The number of hydrogen-bond donors (Lipinski definition) is 8. The molecule has 0 fully saturated rings. The van der Waals surface area contributed by atoms with Crippen LogP contribution in [0.25, 0.3) is 0 Å². The van der Waals surface area contributed by atoms with E-state index in [1.165, 1.54) is 12.2 Å². The number of hydrogen-bond acceptors (Lipinski definition) is 10. The van der Waals surface area contributed by atoms with Gasteiger partial charge < -0.3 is 45.6 Å². The molecule has 0 saturated carbocycles. The van der Waals surface area contributed by atoms with Gasteiger partial charge in [0.15, 0.2) is 0 Å². The molecular formula is C36H58O10. The van der Waals surface area contributed by atoms with Crippen LogP contribution in [-0.4, -0.2) is 102 Å². The minimum Gasteiger partial charge on any atom is -0.458 e. The van der Waals surface area contributed by atoms with Crippen molar-refractivity contribution in [3.8, 4) is 0 Å². The molecule has 0 bridgehead atoms.